The minimum absolute atomic E-state index is 0.0961. The predicted octanol–water partition coefficient (Wildman–Crippen LogP) is 5.14. The molecule has 0 saturated carbocycles. The van der Waals surface area contributed by atoms with Crippen LogP contribution in [0.25, 0.3) is 0 Å². The van der Waals surface area contributed by atoms with Gasteiger partial charge in [-0.3, -0.25) is 18.9 Å². The lowest BCUT2D eigenvalue weighted by Gasteiger charge is -2.44. The molecule has 0 aromatic carbocycles. The molecule has 1 fully saturated rings. The van der Waals surface area contributed by atoms with Crippen LogP contribution in [0.1, 0.15) is 67.2 Å². The predicted molar refractivity (Wildman–Crippen MR) is 183 cm³/mol. The van der Waals surface area contributed by atoms with E-state index in [2.05, 4.69) is 46.5 Å². The summed E-state index contributed by atoms with van der Waals surface area (Å²) in [6, 6.07) is 4.54. The van der Waals surface area contributed by atoms with Crippen LogP contribution in [0, 0.1) is 6.92 Å². The number of rotatable bonds is 22. The molecule has 1 aliphatic heterocycles. The molecule has 2 N–H and O–H groups in total. The topological polar surface area (TPSA) is 157 Å². The minimum atomic E-state index is -4.04. The first kappa shape index (κ1) is 41.2. The summed E-state index contributed by atoms with van der Waals surface area (Å²) in [7, 11) is -7.54. The molecule has 1 aromatic rings. The number of aliphatic hydroxyl groups is 1. The van der Waals surface area contributed by atoms with Gasteiger partial charge in [0, 0.05) is 18.9 Å². The molecule has 1 aromatic heterocycles. The summed E-state index contributed by atoms with van der Waals surface area (Å²) in [5.74, 6) is -1.22. The minimum Gasteiger partial charge on any atom is -0.408 e. The number of aromatic nitrogens is 2. The van der Waals surface area contributed by atoms with Crippen molar-refractivity contribution in [2.24, 2.45) is 0 Å². The van der Waals surface area contributed by atoms with E-state index in [1.807, 2.05) is 0 Å². The van der Waals surface area contributed by atoms with Gasteiger partial charge in [-0.05, 0) is 57.0 Å². The van der Waals surface area contributed by atoms with Crippen molar-refractivity contribution in [3.8, 4) is 0 Å². The van der Waals surface area contributed by atoms with Crippen LogP contribution in [0.15, 0.2) is 15.8 Å². The maximum atomic E-state index is 14.9. The van der Waals surface area contributed by atoms with E-state index in [4.69, 9.17) is 32.1 Å². The molecule has 0 bridgehead atoms. The quantitative estimate of drug-likeness (QED) is 0.0933. The summed E-state index contributed by atoms with van der Waals surface area (Å²) in [6.45, 7) is 18.0. The molecule has 0 unspecified atom stereocenters. The largest absolute Gasteiger partial charge is 0.408 e. The van der Waals surface area contributed by atoms with Crippen LogP contribution in [0.3, 0.4) is 0 Å². The summed E-state index contributed by atoms with van der Waals surface area (Å²) in [4.78, 5) is 27.7. The van der Waals surface area contributed by atoms with E-state index in [-0.39, 0.29) is 32.0 Å². The third-order valence-electron chi connectivity index (χ3n) is 9.43. The number of aromatic amines is 1. The van der Waals surface area contributed by atoms with Crippen molar-refractivity contribution < 1.29 is 41.8 Å². The van der Waals surface area contributed by atoms with Crippen molar-refractivity contribution in [3.05, 3.63) is 32.6 Å². The van der Waals surface area contributed by atoms with E-state index >= 15 is 0 Å². The standard InChI is InChI=1S/C30H59N2O11PSi2/c1-11-39-44(36,40-12-2)29(43-46(16-6,17-7)18-8)26(42-45(13-3,14-4)15-5)24-23(33)25(38-20-19-37-10)28(41-24)32-21-22(9)27(34)31-30(32)35/h21,23-26,28-29,33H,11-20H2,1-10H3,(H,31,34,35)/t23-,24+,25-,26+,28-,29+/m1/s1. The Balaban J connectivity index is 2.89. The van der Waals surface area contributed by atoms with Crippen molar-refractivity contribution >= 4 is 24.2 Å². The Morgan fingerprint density at radius 1 is 0.913 bits per heavy atom. The molecule has 2 heterocycles. The van der Waals surface area contributed by atoms with Crippen LogP contribution >= 0.6 is 7.60 Å². The Morgan fingerprint density at radius 2 is 1.43 bits per heavy atom. The summed E-state index contributed by atoms with van der Waals surface area (Å²) >= 11 is 0. The van der Waals surface area contributed by atoms with Crippen LogP contribution < -0.4 is 11.2 Å². The highest BCUT2D eigenvalue weighted by Gasteiger charge is 2.58. The summed E-state index contributed by atoms with van der Waals surface area (Å²) in [5, 5.41) is 12.1. The lowest BCUT2D eigenvalue weighted by Crippen LogP contribution is -2.56. The van der Waals surface area contributed by atoms with Gasteiger partial charge in [-0.15, -0.1) is 0 Å². The second-order valence-electron chi connectivity index (χ2n) is 11.7. The molecule has 6 atom stereocenters. The molecule has 1 saturated heterocycles. The van der Waals surface area contributed by atoms with Crippen molar-refractivity contribution in [1.29, 1.82) is 0 Å². The molecule has 13 nitrogen and oxygen atoms in total. The molecule has 46 heavy (non-hydrogen) atoms. The SMILES string of the molecule is CCOP(=O)(OCC)[C@H](O[Si](CC)(CC)CC)[C@@H](O[Si](CC)(CC)CC)[C@H]1O[C@@H](n2cc(C)c(=O)[nH]c2=O)[C@H](OCCOC)[C@@H]1O. The van der Waals surface area contributed by atoms with E-state index in [0.29, 0.717) is 0 Å². The van der Waals surface area contributed by atoms with E-state index in [9.17, 15) is 19.3 Å². The van der Waals surface area contributed by atoms with Gasteiger partial charge >= 0.3 is 13.3 Å². The third-order valence-corrected chi connectivity index (χ3v) is 21.1. The molecule has 0 spiro atoms. The van der Waals surface area contributed by atoms with Gasteiger partial charge in [0.1, 0.15) is 24.4 Å². The molecule has 0 aliphatic carbocycles. The molecular formula is C30H59N2O11PSi2. The smallest absolute Gasteiger partial charge is 0.360 e. The third kappa shape index (κ3) is 9.38. The lowest BCUT2D eigenvalue weighted by molar-refractivity contribution is -0.105. The zero-order valence-corrected chi connectivity index (χ0v) is 32.4. The van der Waals surface area contributed by atoms with Gasteiger partial charge in [0.25, 0.3) is 5.56 Å². The van der Waals surface area contributed by atoms with Gasteiger partial charge in [0.2, 0.25) is 0 Å². The first-order chi connectivity index (χ1) is 21.8. The number of aliphatic hydroxyl groups excluding tert-OH is 1. The number of hydrogen-bond donors (Lipinski definition) is 2. The number of nitrogens with one attached hydrogen (secondary N) is 1. The van der Waals surface area contributed by atoms with Crippen LogP contribution in [-0.2, 0) is 36.7 Å². The van der Waals surface area contributed by atoms with Crippen LogP contribution in [-0.4, -0.2) is 95.1 Å². The Kier molecular flexibility index (Phi) is 16.7. The monoisotopic (exact) mass is 710 g/mol. The average Bonchev–Trinajstić information content (AvgIpc) is 3.36. The summed E-state index contributed by atoms with van der Waals surface area (Å²) in [5.41, 5.74) is -0.967. The normalized spacial score (nSPS) is 22.3. The van der Waals surface area contributed by atoms with Gasteiger partial charge in [0.15, 0.2) is 28.7 Å². The molecule has 0 radical (unpaired) electrons. The number of methoxy groups -OCH3 is 1. The first-order valence-corrected chi connectivity index (χ1v) is 23.5. The molecule has 2 rings (SSSR count). The second kappa shape index (κ2) is 18.7. The first-order valence-electron chi connectivity index (χ1n) is 16.8. The fourth-order valence-electron chi connectivity index (χ4n) is 6.08. The van der Waals surface area contributed by atoms with Gasteiger partial charge in [-0.1, -0.05) is 41.5 Å². The maximum Gasteiger partial charge on any atom is 0.360 e. The van der Waals surface area contributed by atoms with Crippen molar-refractivity contribution in [2.75, 3.05) is 33.5 Å². The number of hydrogen-bond acceptors (Lipinski definition) is 11. The highest BCUT2D eigenvalue weighted by Crippen LogP contribution is 2.58. The molecule has 268 valence electrons. The Morgan fingerprint density at radius 3 is 1.91 bits per heavy atom. The van der Waals surface area contributed by atoms with Gasteiger partial charge in [-0.2, -0.15) is 0 Å². The van der Waals surface area contributed by atoms with Gasteiger partial charge < -0.3 is 37.2 Å². The summed E-state index contributed by atoms with van der Waals surface area (Å²) in [6.07, 6.45) is -4.46. The molecule has 0 amide bonds. The fraction of sp³-hybridized carbons (Fsp3) is 0.867. The van der Waals surface area contributed by atoms with E-state index < -0.39 is 72.0 Å². The number of nitrogens with zero attached hydrogens (tertiary/aromatic N) is 1. The van der Waals surface area contributed by atoms with E-state index in [0.717, 1.165) is 36.3 Å². The maximum absolute atomic E-state index is 14.9. The van der Waals surface area contributed by atoms with Crippen molar-refractivity contribution in [2.45, 2.75) is 135 Å². The van der Waals surface area contributed by atoms with Crippen molar-refractivity contribution in [1.82, 2.24) is 9.55 Å². The van der Waals surface area contributed by atoms with Gasteiger partial charge in [-0.25, -0.2) is 4.79 Å². The van der Waals surface area contributed by atoms with E-state index in [1.54, 1.807) is 20.8 Å². The molecule has 1 aliphatic rings. The Labute approximate surface area is 276 Å². The zero-order valence-electron chi connectivity index (χ0n) is 29.5. The highest BCUT2D eigenvalue weighted by atomic mass is 31.2. The Bertz CT molecular complexity index is 1200. The van der Waals surface area contributed by atoms with Crippen molar-refractivity contribution in [3.63, 3.8) is 0 Å². The highest BCUT2D eigenvalue weighted by molar-refractivity contribution is 7.54. The molecular weight excluding hydrogens is 651 g/mol. The average molecular weight is 711 g/mol. The van der Waals surface area contributed by atoms with E-state index in [1.165, 1.54) is 17.9 Å². The molecule has 16 heteroatoms. The lowest BCUT2D eigenvalue weighted by atomic mass is 10.1. The van der Waals surface area contributed by atoms with Crippen LogP contribution in [0.5, 0.6) is 0 Å². The number of ether oxygens (including phenoxy) is 3. The number of H-pyrrole nitrogens is 1. The second-order valence-corrected chi connectivity index (χ2v) is 23.3. The Hall–Kier alpha value is -0.976. The van der Waals surface area contributed by atoms with Crippen LogP contribution in [0.4, 0.5) is 0 Å². The fourth-order valence-corrected chi connectivity index (χ4v) is 14.5. The van der Waals surface area contributed by atoms with Crippen LogP contribution in [0.2, 0.25) is 36.3 Å². The van der Waals surface area contributed by atoms with Gasteiger partial charge in [0.05, 0.1) is 26.4 Å². The zero-order chi connectivity index (χ0) is 34.7. The number of aryl methyl sites for hydroxylation is 1. The summed E-state index contributed by atoms with van der Waals surface area (Å²) < 4.78 is 60.1.